The fourth-order valence-corrected chi connectivity index (χ4v) is 1.90. The van der Waals surface area contributed by atoms with Crippen molar-refractivity contribution in [2.45, 2.75) is 6.92 Å². The van der Waals surface area contributed by atoms with Gasteiger partial charge in [-0.15, -0.1) is 0 Å². The van der Waals surface area contributed by atoms with Gasteiger partial charge >= 0.3 is 0 Å². The van der Waals surface area contributed by atoms with Gasteiger partial charge in [-0.05, 0) is 53.2 Å². The number of nitrogens with zero attached hydrogens (tertiary/aromatic N) is 1. The molecule has 1 N–H and O–H groups in total. The van der Waals surface area contributed by atoms with Crippen LogP contribution in [0.4, 0.5) is 11.5 Å². The number of pyridine rings is 1. The van der Waals surface area contributed by atoms with Crippen molar-refractivity contribution in [3.8, 4) is 0 Å². The van der Waals surface area contributed by atoms with Gasteiger partial charge in [0.1, 0.15) is 5.82 Å². The number of hydrogen-bond donors (Lipinski definition) is 1. The molecule has 17 heavy (non-hydrogen) atoms. The number of nitrogens with one attached hydrogen (secondary N) is 1. The summed E-state index contributed by atoms with van der Waals surface area (Å²) in [6, 6.07) is 9.06. The third-order valence-electron chi connectivity index (χ3n) is 2.21. The average molecular weight is 332 g/mol. The van der Waals surface area contributed by atoms with Crippen LogP contribution in [0.25, 0.3) is 0 Å². The molecule has 0 spiro atoms. The summed E-state index contributed by atoms with van der Waals surface area (Å²) in [4.78, 5) is 4.38. The van der Waals surface area contributed by atoms with Crippen molar-refractivity contribution < 1.29 is 0 Å². The lowest BCUT2D eigenvalue weighted by molar-refractivity contribution is 1.18. The van der Waals surface area contributed by atoms with E-state index in [1.165, 1.54) is 0 Å². The zero-order valence-electron chi connectivity index (χ0n) is 8.97. The molecule has 0 unspecified atom stereocenters. The smallest absolute Gasteiger partial charge is 0.130 e. The van der Waals surface area contributed by atoms with Gasteiger partial charge in [0.05, 0.1) is 16.4 Å². The molecule has 2 rings (SSSR count). The third-order valence-corrected chi connectivity index (χ3v) is 3.62. The Hall–Kier alpha value is -0.770. The Labute approximate surface area is 118 Å². The third kappa shape index (κ3) is 3.12. The molecule has 88 valence electrons. The lowest BCUT2D eigenvalue weighted by Gasteiger charge is -2.09. The van der Waals surface area contributed by atoms with E-state index in [-0.39, 0.29) is 0 Å². The molecule has 2 aromatic rings. The quantitative estimate of drug-likeness (QED) is 0.817. The van der Waals surface area contributed by atoms with Crippen LogP contribution in [0, 0.1) is 6.92 Å². The van der Waals surface area contributed by atoms with Gasteiger partial charge in [-0.2, -0.15) is 0 Å². The van der Waals surface area contributed by atoms with E-state index in [1.807, 2.05) is 19.1 Å². The molecule has 0 saturated heterocycles. The van der Waals surface area contributed by atoms with Crippen molar-refractivity contribution >= 4 is 50.6 Å². The van der Waals surface area contributed by atoms with Crippen LogP contribution in [0.15, 0.2) is 34.8 Å². The van der Waals surface area contributed by atoms with E-state index in [0.717, 1.165) is 21.7 Å². The first-order valence-electron chi connectivity index (χ1n) is 4.91. The molecular formula is C12H9BrCl2N2. The van der Waals surface area contributed by atoms with Gasteiger partial charge < -0.3 is 5.32 Å². The standard InChI is InChI=1S/C12H9BrCl2N2/c1-7-9(13)3-5-12(16-7)17-11-6-8(14)2-4-10(11)15/h2-6H,1H3,(H,16,17). The van der Waals surface area contributed by atoms with E-state index < -0.39 is 0 Å². The minimum absolute atomic E-state index is 0.608. The Bertz CT molecular complexity index is 558. The number of rotatable bonds is 2. The van der Waals surface area contributed by atoms with Crippen LogP contribution in [0.3, 0.4) is 0 Å². The van der Waals surface area contributed by atoms with Crippen LogP contribution in [0.5, 0.6) is 0 Å². The topological polar surface area (TPSA) is 24.9 Å². The predicted molar refractivity (Wildman–Crippen MR) is 76.4 cm³/mol. The summed E-state index contributed by atoms with van der Waals surface area (Å²) in [7, 11) is 0. The summed E-state index contributed by atoms with van der Waals surface area (Å²) >= 11 is 15.4. The molecular weight excluding hydrogens is 323 g/mol. The van der Waals surface area contributed by atoms with Crippen molar-refractivity contribution in [2.75, 3.05) is 5.32 Å². The molecule has 5 heteroatoms. The van der Waals surface area contributed by atoms with Crippen LogP contribution < -0.4 is 5.32 Å². The maximum atomic E-state index is 6.06. The molecule has 1 aromatic heterocycles. The van der Waals surface area contributed by atoms with Gasteiger partial charge in [-0.25, -0.2) is 4.98 Å². The SMILES string of the molecule is Cc1nc(Nc2cc(Cl)ccc2Cl)ccc1Br. The van der Waals surface area contributed by atoms with Gasteiger partial charge in [0.2, 0.25) is 0 Å². The zero-order chi connectivity index (χ0) is 12.4. The number of aromatic nitrogens is 1. The summed E-state index contributed by atoms with van der Waals surface area (Å²) < 4.78 is 0.972. The summed E-state index contributed by atoms with van der Waals surface area (Å²) in [6.45, 7) is 1.93. The fraction of sp³-hybridized carbons (Fsp3) is 0.0833. The minimum Gasteiger partial charge on any atom is -0.339 e. The minimum atomic E-state index is 0.608. The van der Waals surface area contributed by atoms with Gasteiger partial charge in [0, 0.05) is 9.50 Å². The molecule has 0 bridgehead atoms. The molecule has 0 atom stereocenters. The van der Waals surface area contributed by atoms with Crippen LogP contribution in [-0.4, -0.2) is 4.98 Å². The maximum Gasteiger partial charge on any atom is 0.130 e. The first-order valence-corrected chi connectivity index (χ1v) is 6.46. The second kappa shape index (κ2) is 5.25. The van der Waals surface area contributed by atoms with Crippen molar-refractivity contribution in [3.63, 3.8) is 0 Å². The highest BCUT2D eigenvalue weighted by Crippen LogP contribution is 2.28. The first-order chi connectivity index (χ1) is 8.06. The van der Waals surface area contributed by atoms with Gasteiger partial charge in [0.15, 0.2) is 0 Å². The highest BCUT2D eigenvalue weighted by molar-refractivity contribution is 9.10. The number of hydrogen-bond acceptors (Lipinski definition) is 2. The summed E-state index contributed by atoms with van der Waals surface area (Å²) in [5.41, 5.74) is 1.65. The van der Waals surface area contributed by atoms with E-state index in [9.17, 15) is 0 Å². The summed E-state index contributed by atoms with van der Waals surface area (Å²) in [6.07, 6.45) is 0. The molecule has 1 aromatic carbocycles. The van der Waals surface area contributed by atoms with Crippen LogP contribution in [0.2, 0.25) is 10.0 Å². The molecule has 1 heterocycles. The molecule has 2 nitrogen and oxygen atoms in total. The van der Waals surface area contributed by atoms with Crippen LogP contribution in [0.1, 0.15) is 5.69 Å². The lowest BCUT2D eigenvalue weighted by Crippen LogP contribution is -1.95. The highest BCUT2D eigenvalue weighted by atomic mass is 79.9. The van der Waals surface area contributed by atoms with E-state index in [2.05, 4.69) is 26.2 Å². The maximum absolute atomic E-state index is 6.06. The Morgan fingerprint density at radius 2 is 1.94 bits per heavy atom. The van der Waals surface area contributed by atoms with E-state index >= 15 is 0 Å². The Morgan fingerprint density at radius 3 is 2.65 bits per heavy atom. The Kier molecular flexibility index (Phi) is 3.92. The van der Waals surface area contributed by atoms with Crippen molar-refractivity contribution in [1.29, 1.82) is 0 Å². The number of halogens is 3. The second-order valence-electron chi connectivity index (χ2n) is 3.51. The van der Waals surface area contributed by atoms with Crippen molar-refractivity contribution in [2.24, 2.45) is 0 Å². The zero-order valence-corrected chi connectivity index (χ0v) is 12.1. The van der Waals surface area contributed by atoms with Gasteiger partial charge in [-0.3, -0.25) is 0 Å². The van der Waals surface area contributed by atoms with Crippen LogP contribution >= 0.6 is 39.1 Å². The average Bonchev–Trinajstić information content (AvgIpc) is 2.29. The number of aryl methyl sites for hydroxylation is 1. The molecule has 0 aliphatic heterocycles. The highest BCUT2D eigenvalue weighted by Gasteiger charge is 2.04. The predicted octanol–water partition coefficient (Wildman–Crippen LogP) is 5.20. The Morgan fingerprint density at radius 1 is 1.18 bits per heavy atom. The number of anilines is 2. The summed E-state index contributed by atoms with van der Waals surface area (Å²) in [5, 5.41) is 4.37. The van der Waals surface area contributed by atoms with Gasteiger partial charge in [0.25, 0.3) is 0 Å². The van der Waals surface area contributed by atoms with Crippen molar-refractivity contribution in [3.05, 3.63) is 50.5 Å². The largest absolute Gasteiger partial charge is 0.339 e. The molecule has 0 aliphatic carbocycles. The summed E-state index contributed by atoms with van der Waals surface area (Å²) in [5.74, 6) is 0.731. The first kappa shape index (κ1) is 12.7. The molecule has 0 radical (unpaired) electrons. The van der Waals surface area contributed by atoms with E-state index in [1.54, 1.807) is 18.2 Å². The molecule has 0 saturated carbocycles. The second-order valence-corrected chi connectivity index (χ2v) is 5.21. The number of benzene rings is 1. The van der Waals surface area contributed by atoms with Crippen molar-refractivity contribution in [1.82, 2.24) is 4.98 Å². The normalized spacial score (nSPS) is 10.4. The molecule has 0 amide bonds. The van der Waals surface area contributed by atoms with Gasteiger partial charge in [-0.1, -0.05) is 23.2 Å². The molecule has 0 aliphatic rings. The van der Waals surface area contributed by atoms with E-state index in [4.69, 9.17) is 23.2 Å². The fourth-order valence-electron chi connectivity index (χ4n) is 1.34. The monoisotopic (exact) mass is 330 g/mol. The Balaban J connectivity index is 2.31. The van der Waals surface area contributed by atoms with E-state index in [0.29, 0.717) is 10.0 Å². The molecule has 0 fully saturated rings. The van der Waals surface area contributed by atoms with Crippen LogP contribution in [-0.2, 0) is 0 Å². The lowest BCUT2D eigenvalue weighted by atomic mass is 10.3.